The van der Waals surface area contributed by atoms with E-state index < -0.39 is 17.0 Å². The second-order valence-electron chi connectivity index (χ2n) is 11.9. The quantitative estimate of drug-likeness (QED) is 0.154. The lowest BCUT2D eigenvalue weighted by Crippen LogP contribution is -2.35. The predicted molar refractivity (Wildman–Crippen MR) is 173 cm³/mol. The van der Waals surface area contributed by atoms with Gasteiger partial charge >= 0.3 is 5.97 Å². The van der Waals surface area contributed by atoms with Crippen LogP contribution in [0.25, 0.3) is 28.0 Å². The number of hydrogen-bond acceptors (Lipinski definition) is 5. The molecule has 0 fully saturated rings. The minimum atomic E-state index is -0.893. The van der Waals surface area contributed by atoms with E-state index in [2.05, 4.69) is 50.3 Å². The molecule has 1 heterocycles. The van der Waals surface area contributed by atoms with Crippen LogP contribution in [0.2, 0.25) is 0 Å². The first-order valence-corrected chi connectivity index (χ1v) is 14.7. The van der Waals surface area contributed by atoms with E-state index in [-0.39, 0.29) is 0 Å². The molecule has 1 unspecified atom stereocenters. The molecule has 1 aliphatic carbocycles. The van der Waals surface area contributed by atoms with Crippen LogP contribution in [-0.4, -0.2) is 26.5 Å². The molecule has 1 atom stereocenters. The van der Waals surface area contributed by atoms with Crippen molar-refractivity contribution in [3.8, 4) is 22.6 Å². The number of aldehydes is 1. The molecule has 44 heavy (non-hydrogen) atoms. The van der Waals surface area contributed by atoms with Crippen molar-refractivity contribution >= 4 is 29.1 Å². The first-order valence-electron chi connectivity index (χ1n) is 14.7. The lowest BCUT2D eigenvalue weighted by atomic mass is 9.76. The first-order chi connectivity index (χ1) is 21.3. The van der Waals surface area contributed by atoms with Crippen molar-refractivity contribution in [3.63, 3.8) is 0 Å². The second-order valence-corrected chi connectivity index (χ2v) is 11.9. The third kappa shape index (κ3) is 3.72. The number of fused-ring (bicyclic) bond motifs is 8. The zero-order chi connectivity index (χ0) is 30.8. The number of carbonyl (C=O) groups is 2. The van der Waals surface area contributed by atoms with Crippen LogP contribution in [0.5, 0.6) is 11.5 Å². The van der Waals surface area contributed by atoms with Gasteiger partial charge in [-0.15, -0.1) is 0 Å². The maximum absolute atomic E-state index is 12.9. The number of carbonyl (C=O) groups excluding carboxylic acids is 2. The molecular weight excluding hydrogens is 548 g/mol. The van der Waals surface area contributed by atoms with E-state index in [1.54, 1.807) is 7.11 Å². The molecule has 0 radical (unpaired) electrons. The molecule has 2 aliphatic rings. The van der Waals surface area contributed by atoms with Crippen LogP contribution in [0.1, 0.15) is 67.9 Å². The fourth-order valence-electron chi connectivity index (χ4n) is 7.23. The normalized spacial score (nSPS) is 17.3. The van der Waals surface area contributed by atoms with Gasteiger partial charge in [0.15, 0.2) is 11.9 Å². The van der Waals surface area contributed by atoms with E-state index in [1.165, 1.54) is 7.11 Å². The molecule has 7 rings (SSSR count). The van der Waals surface area contributed by atoms with Crippen LogP contribution < -0.4 is 9.47 Å². The highest BCUT2D eigenvalue weighted by atomic mass is 16.5. The molecule has 5 nitrogen and oxygen atoms in total. The molecule has 0 aromatic heterocycles. The molecule has 5 aromatic rings. The zero-order valence-electron chi connectivity index (χ0n) is 25.4. The van der Waals surface area contributed by atoms with Gasteiger partial charge in [0.05, 0.1) is 19.8 Å². The van der Waals surface area contributed by atoms with Gasteiger partial charge in [-0.3, -0.25) is 4.79 Å². The molecule has 0 spiro atoms. The highest BCUT2D eigenvalue weighted by Gasteiger charge is 2.45. The predicted octanol–water partition coefficient (Wildman–Crippen LogP) is 8.41. The van der Waals surface area contributed by atoms with E-state index in [1.807, 2.05) is 67.6 Å². The molecule has 218 valence electrons. The van der Waals surface area contributed by atoms with E-state index in [0.29, 0.717) is 16.7 Å². The Morgan fingerprint density at radius 2 is 1.50 bits per heavy atom. The van der Waals surface area contributed by atoms with Gasteiger partial charge in [0, 0.05) is 33.1 Å². The Labute approximate surface area is 256 Å². The van der Waals surface area contributed by atoms with Crippen molar-refractivity contribution in [2.24, 2.45) is 0 Å². The van der Waals surface area contributed by atoms with Crippen molar-refractivity contribution in [3.05, 3.63) is 136 Å². The van der Waals surface area contributed by atoms with Crippen LogP contribution in [0, 0.1) is 6.92 Å². The summed E-state index contributed by atoms with van der Waals surface area (Å²) >= 11 is 0. The van der Waals surface area contributed by atoms with Crippen molar-refractivity contribution in [1.29, 1.82) is 0 Å². The number of rotatable bonds is 5. The van der Waals surface area contributed by atoms with E-state index in [4.69, 9.17) is 14.2 Å². The second kappa shape index (κ2) is 9.95. The van der Waals surface area contributed by atoms with Crippen LogP contribution in [0.4, 0.5) is 0 Å². The Hall–Kier alpha value is -5.16. The summed E-state index contributed by atoms with van der Waals surface area (Å²) in [5.74, 6) is 1.03. The fourth-order valence-corrected chi connectivity index (χ4v) is 7.23. The molecule has 0 saturated carbocycles. The lowest BCUT2D eigenvalue weighted by molar-refractivity contribution is 0.0597. The molecule has 5 aromatic carbocycles. The number of esters is 1. The Kier molecular flexibility index (Phi) is 6.26. The molecule has 0 saturated heterocycles. The van der Waals surface area contributed by atoms with E-state index in [0.717, 1.165) is 67.5 Å². The molecule has 0 N–H and O–H groups in total. The number of benzene rings is 5. The number of methoxy groups -OCH3 is 2. The Morgan fingerprint density at radius 3 is 2.16 bits per heavy atom. The van der Waals surface area contributed by atoms with Gasteiger partial charge in [0.2, 0.25) is 0 Å². The summed E-state index contributed by atoms with van der Waals surface area (Å²) in [5.41, 5.74) is 6.75. The first kappa shape index (κ1) is 27.7. The maximum atomic E-state index is 12.9. The minimum absolute atomic E-state index is 0.307. The summed E-state index contributed by atoms with van der Waals surface area (Å²) < 4.78 is 17.9. The topological polar surface area (TPSA) is 61.8 Å². The largest absolute Gasteiger partial charge is 0.497 e. The van der Waals surface area contributed by atoms with Crippen LogP contribution >= 0.6 is 0 Å². The fraction of sp³-hybridized carbons (Fsp3) is 0.179. The Morgan fingerprint density at radius 1 is 0.841 bits per heavy atom. The van der Waals surface area contributed by atoms with Crippen molar-refractivity contribution in [2.75, 3.05) is 14.2 Å². The maximum Gasteiger partial charge on any atom is 0.338 e. The average molecular weight is 581 g/mol. The zero-order valence-corrected chi connectivity index (χ0v) is 25.4. The van der Waals surface area contributed by atoms with Gasteiger partial charge in [-0.2, -0.15) is 0 Å². The van der Waals surface area contributed by atoms with Crippen LogP contribution in [-0.2, 0) is 15.8 Å². The smallest absolute Gasteiger partial charge is 0.338 e. The van der Waals surface area contributed by atoms with Crippen LogP contribution in [0.3, 0.4) is 0 Å². The SMILES string of the molecule is COC(=O)c1c(C)cc2c(c1C=O)-c1c(c3c(c4ccccc14)OC(c1ccccc1)(c1ccc(OC)cc1)C=C3)C2(C)C. The average Bonchev–Trinajstić information content (AvgIpc) is 3.30. The van der Waals surface area contributed by atoms with E-state index in [9.17, 15) is 9.59 Å². The van der Waals surface area contributed by atoms with Gasteiger partial charge < -0.3 is 14.2 Å². The number of hydrogen-bond donors (Lipinski definition) is 0. The van der Waals surface area contributed by atoms with Crippen molar-refractivity contribution in [1.82, 2.24) is 0 Å². The van der Waals surface area contributed by atoms with Gasteiger partial charge in [-0.05, 0) is 58.3 Å². The van der Waals surface area contributed by atoms with Gasteiger partial charge in [-0.1, -0.05) is 92.7 Å². The Balaban J connectivity index is 1.57. The van der Waals surface area contributed by atoms with Crippen LogP contribution in [0.15, 0.2) is 91.0 Å². The molecular formula is C39H32O5. The van der Waals surface area contributed by atoms with Crippen molar-refractivity contribution in [2.45, 2.75) is 31.8 Å². The number of aryl methyl sites for hydroxylation is 1. The summed E-state index contributed by atoms with van der Waals surface area (Å²) in [7, 11) is 3.00. The summed E-state index contributed by atoms with van der Waals surface area (Å²) in [6.07, 6.45) is 5.10. The molecule has 1 aliphatic heterocycles. The summed E-state index contributed by atoms with van der Waals surface area (Å²) in [5, 5.41) is 1.89. The summed E-state index contributed by atoms with van der Waals surface area (Å²) in [4.78, 5) is 25.7. The third-order valence-corrected chi connectivity index (χ3v) is 9.29. The van der Waals surface area contributed by atoms with Crippen molar-refractivity contribution < 1.29 is 23.8 Å². The monoisotopic (exact) mass is 580 g/mol. The molecule has 0 amide bonds. The molecule has 5 heteroatoms. The number of ether oxygens (including phenoxy) is 3. The van der Waals surface area contributed by atoms with Gasteiger partial charge in [0.25, 0.3) is 0 Å². The van der Waals surface area contributed by atoms with Gasteiger partial charge in [0.1, 0.15) is 11.5 Å². The lowest BCUT2D eigenvalue weighted by Gasteiger charge is -2.38. The highest BCUT2D eigenvalue weighted by Crippen LogP contribution is 2.59. The minimum Gasteiger partial charge on any atom is -0.497 e. The standard InChI is InChI=1S/C39H32O5/c1-23-21-31-33(30(22-40)32(23)37(41)43-5)34-27-13-9-10-14-28(27)36-29(35(34)38(31,2)3)19-20-39(44-36,24-11-7-6-8-12-24)25-15-17-26(42-4)18-16-25/h6-22H,1-5H3. The van der Waals surface area contributed by atoms with Gasteiger partial charge in [-0.25, -0.2) is 4.79 Å². The Bertz CT molecular complexity index is 2020. The third-order valence-electron chi connectivity index (χ3n) is 9.29. The summed E-state index contributed by atoms with van der Waals surface area (Å²) in [6.45, 7) is 6.21. The highest BCUT2D eigenvalue weighted by molar-refractivity contribution is 6.14. The van der Waals surface area contributed by atoms with E-state index >= 15 is 0 Å². The summed E-state index contributed by atoms with van der Waals surface area (Å²) in [6, 6.07) is 28.4. The molecule has 0 bridgehead atoms.